The summed E-state index contributed by atoms with van der Waals surface area (Å²) in [5.74, 6) is 2.76. The maximum absolute atomic E-state index is 13.6. The van der Waals surface area contributed by atoms with E-state index in [-0.39, 0.29) is 5.91 Å². The van der Waals surface area contributed by atoms with Crippen LogP contribution in [-0.4, -0.2) is 54.2 Å². The topological polar surface area (TPSA) is 42.0 Å². The number of carbonyl (C=O) groups is 1. The second kappa shape index (κ2) is 6.49. The fraction of sp³-hybridized carbons (Fsp3) is 0.458. The van der Waals surface area contributed by atoms with Crippen molar-refractivity contribution in [3.8, 4) is 11.5 Å². The Morgan fingerprint density at radius 1 is 1.00 bits per heavy atom. The van der Waals surface area contributed by atoms with E-state index in [4.69, 9.17) is 9.47 Å². The van der Waals surface area contributed by atoms with Crippen LogP contribution >= 0.6 is 0 Å². The van der Waals surface area contributed by atoms with Gasteiger partial charge in [-0.05, 0) is 68.1 Å². The number of nitrogens with zero attached hydrogens (tertiary/aromatic N) is 2. The van der Waals surface area contributed by atoms with E-state index >= 15 is 0 Å². The van der Waals surface area contributed by atoms with E-state index in [0.29, 0.717) is 30.7 Å². The molecule has 0 radical (unpaired) electrons. The number of carbonyl (C=O) groups excluding carboxylic acids is 1. The smallest absolute Gasteiger partial charge is 0.254 e. The van der Waals surface area contributed by atoms with Gasteiger partial charge in [0.2, 0.25) is 6.79 Å². The Labute approximate surface area is 171 Å². The number of fused-ring (bicyclic) bond motifs is 3. The molecule has 5 heteroatoms. The molecular weight excluding hydrogens is 364 g/mol. The summed E-state index contributed by atoms with van der Waals surface area (Å²) in [7, 11) is 0. The molecule has 2 aromatic carbocycles. The zero-order valence-corrected chi connectivity index (χ0v) is 16.7. The van der Waals surface area contributed by atoms with Crippen LogP contribution in [-0.2, 0) is 0 Å². The van der Waals surface area contributed by atoms with E-state index in [1.54, 1.807) is 0 Å². The number of likely N-dealkylation sites (tertiary alicyclic amines) is 1. The first kappa shape index (κ1) is 17.3. The predicted octanol–water partition coefficient (Wildman–Crippen LogP) is 3.43. The van der Waals surface area contributed by atoms with Gasteiger partial charge in [-0.25, -0.2) is 0 Å². The maximum atomic E-state index is 13.6. The van der Waals surface area contributed by atoms with Crippen LogP contribution in [0.3, 0.4) is 0 Å². The molecular formula is C24H26N2O3. The van der Waals surface area contributed by atoms with Crippen molar-refractivity contribution in [2.75, 3.05) is 26.4 Å². The summed E-state index contributed by atoms with van der Waals surface area (Å²) in [6, 6.07) is 15.0. The van der Waals surface area contributed by atoms with Gasteiger partial charge in [-0.3, -0.25) is 9.69 Å². The summed E-state index contributed by atoms with van der Waals surface area (Å²) >= 11 is 0. The zero-order valence-electron chi connectivity index (χ0n) is 16.7. The van der Waals surface area contributed by atoms with E-state index in [2.05, 4.69) is 21.9 Å². The average Bonchev–Trinajstić information content (AvgIpc) is 3.40. The van der Waals surface area contributed by atoms with Crippen molar-refractivity contribution in [2.45, 2.75) is 37.8 Å². The van der Waals surface area contributed by atoms with Crippen LogP contribution < -0.4 is 9.47 Å². The number of rotatable bonds is 2. The molecule has 150 valence electrons. The monoisotopic (exact) mass is 390 g/mol. The summed E-state index contributed by atoms with van der Waals surface area (Å²) in [4.78, 5) is 18.4. The highest BCUT2D eigenvalue weighted by Crippen LogP contribution is 2.48. The average molecular weight is 390 g/mol. The Morgan fingerprint density at radius 3 is 2.62 bits per heavy atom. The van der Waals surface area contributed by atoms with E-state index in [9.17, 15) is 4.79 Å². The molecule has 0 aliphatic carbocycles. The molecule has 0 N–H and O–H groups in total. The number of hydrogen-bond acceptors (Lipinski definition) is 4. The molecule has 5 heterocycles. The third kappa shape index (κ3) is 2.60. The number of amides is 1. The minimum absolute atomic E-state index is 0.190. The standard InChI is InChI=1S/C24H26N2O3/c1-15-4-2-3-5-18(15)24(27)26-13-19(17-6-7-20-21(12-17)29-14-28-20)23-22(26)16-8-10-25(23)11-9-16/h2-7,12,16,19,22-23H,8-11,13-14H2,1H3/t19-,22+,23+/m1/s1. The molecule has 2 bridgehead atoms. The van der Waals surface area contributed by atoms with Crippen molar-refractivity contribution < 1.29 is 14.3 Å². The molecule has 0 unspecified atom stereocenters. The van der Waals surface area contributed by atoms with Crippen molar-refractivity contribution in [2.24, 2.45) is 5.92 Å². The minimum atomic E-state index is 0.190. The molecule has 7 rings (SSSR count). The highest BCUT2D eigenvalue weighted by molar-refractivity contribution is 5.96. The van der Waals surface area contributed by atoms with Gasteiger partial charge in [-0.15, -0.1) is 0 Å². The number of aryl methyl sites for hydroxylation is 1. The van der Waals surface area contributed by atoms with Crippen LogP contribution in [0.25, 0.3) is 0 Å². The fourth-order valence-corrected chi connectivity index (χ4v) is 6.06. The van der Waals surface area contributed by atoms with Crippen LogP contribution in [0.4, 0.5) is 0 Å². The zero-order chi connectivity index (χ0) is 19.5. The first-order valence-corrected chi connectivity index (χ1v) is 10.7. The summed E-state index contributed by atoms with van der Waals surface area (Å²) in [6.45, 7) is 5.40. The molecule has 4 fully saturated rings. The van der Waals surface area contributed by atoms with Gasteiger partial charge in [0, 0.05) is 24.1 Å². The summed E-state index contributed by atoms with van der Waals surface area (Å²) in [5.41, 5.74) is 3.16. The molecule has 0 spiro atoms. The summed E-state index contributed by atoms with van der Waals surface area (Å²) in [6.07, 6.45) is 2.40. The lowest BCUT2D eigenvalue weighted by Crippen LogP contribution is -2.60. The van der Waals surface area contributed by atoms with E-state index in [1.165, 1.54) is 18.4 Å². The Hall–Kier alpha value is -2.53. The number of ether oxygens (including phenoxy) is 2. The van der Waals surface area contributed by atoms with E-state index in [1.807, 2.05) is 37.3 Å². The van der Waals surface area contributed by atoms with Crippen molar-refractivity contribution in [3.05, 3.63) is 59.2 Å². The Morgan fingerprint density at radius 2 is 1.79 bits per heavy atom. The molecule has 3 atom stereocenters. The minimum Gasteiger partial charge on any atom is -0.454 e. The lowest BCUT2D eigenvalue weighted by atomic mass is 9.75. The molecule has 29 heavy (non-hydrogen) atoms. The lowest BCUT2D eigenvalue weighted by Gasteiger charge is -2.51. The molecule has 5 aliphatic rings. The number of hydrogen-bond donors (Lipinski definition) is 0. The van der Waals surface area contributed by atoms with E-state index in [0.717, 1.165) is 42.3 Å². The predicted molar refractivity (Wildman–Crippen MR) is 109 cm³/mol. The number of benzene rings is 2. The maximum Gasteiger partial charge on any atom is 0.254 e. The highest BCUT2D eigenvalue weighted by atomic mass is 16.7. The van der Waals surface area contributed by atoms with Gasteiger partial charge in [-0.2, -0.15) is 0 Å². The highest BCUT2D eigenvalue weighted by Gasteiger charge is 2.54. The SMILES string of the molecule is Cc1ccccc1C(=O)N1C[C@H](c2ccc3c(c2)OCO3)[C@H]2[C@@H]1C1CCN2CC1. The van der Waals surface area contributed by atoms with Gasteiger partial charge in [0.05, 0.1) is 6.04 Å². The molecule has 0 saturated carbocycles. The molecule has 4 saturated heterocycles. The van der Waals surface area contributed by atoms with Gasteiger partial charge >= 0.3 is 0 Å². The van der Waals surface area contributed by atoms with Crippen LogP contribution in [0.15, 0.2) is 42.5 Å². The molecule has 1 amide bonds. The van der Waals surface area contributed by atoms with Gasteiger partial charge < -0.3 is 14.4 Å². The number of piperidine rings is 3. The molecule has 0 aromatic heterocycles. The first-order valence-electron chi connectivity index (χ1n) is 10.7. The fourth-order valence-electron chi connectivity index (χ4n) is 6.06. The Bertz CT molecular complexity index is 966. The van der Waals surface area contributed by atoms with Crippen LogP contribution in [0.5, 0.6) is 11.5 Å². The third-order valence-electron chi connectivity index (χ3n) is 7.46. The van der Waals surface area contributed by atoms with Gasteiger partial charge in [0.25, 0.3) is 5.91 Å². The molecule has 5 nitrogen and oxygen atoms in total. The van der Waals surface area contributed by atoms with Gasteiger partial charge in [-0.1, -0.05) is 24.3 Å². The van der Waals surface area contributed by atoms with Crippen molar-refractivity contribution in [1.82, 2.24) is 9.80 Å². The summed E-state index contributed by atoms with van der Waals surface area (Å²) in [5, 5.41) is 0. The summed E-state index contributed by atoms with van der Waals surface area (Å²) < 4.78 is 11.1. The lowest BCUT2D eigenvalue weighted by molar-refractivity contribution is -0.00343. The van der Waals surface area contributed by atoms with Crippen molar-refractivity contribution in [1.29, 1.82) is 0 Å². The second-order valence-electron chi connectivity index (χ2n) is 8.85. The van der Waals surface area contributed by atoms with Crippen LogP contribution in [0.2, 0.25) is 0 Å². The molecule has 2 aromatic rings. The first-order chi connectivity index (χ1) is 14.2. The normalized spacial score (nSPS) is 31.8. The van der Waals surface area contributed by atoms with Gasteiger partial charge in [0.1, 0.15) is 0 Å². The third-order valence-corrected chi connectivity index (χ3v) is 7.46. The second-order valence-corrected chi connectivity index (χ2v) is 8.85. The Balaban J connectivity index is 1.39. The Kier molecular flexibility index (Phi) is 3.88. The van der Waals surface area contributed by atoms with Crippen molar-refractivity contribution in [3.63, 3.8) is 0 Å². The van der Waals surface area contributed by atoms with Crippen molar-refractivity contribution >= 4 is 5.91 Å². The quantitative estimate of drug-likeness (QED) is 0.788. The largest absolute Gasteiger partial charge is 0.454 e. The van der Waals surface area contributed by atoms with E-state index < -0.39 is 0 Å². The van der Waals surface area contributed by atoms with Gasteiger partial charge in [0.15, 0.2) is 11.5 Å². The van der Waals surface area contributed by atoms with Crippen LogP contribution in [0.1, 0.15) is 40.2 Å². The van der Waals surface area contributed by atoms with Crippen LogP contribution in [0, 0.1) is 12.8 Å². The molecule has 5 aliphatic heterocycles.